The van der Waals surface area contributed by atoms with Gasteiger partial charge < -0.3 is 19.5 Å². The van der Waals surface area contributed by atoms with Gasteiger partial charge in [-0.15, -0.1) is 0 Å². The summed E-state index contributed by atoms with van der Waals surface area (Å²) in [6, 6.07) is 0.460. The number of likely N-dealkylation sites (tertiary alicyclic amines) is 1. The molecule has 2 atom stereocenters. The maximum absolute atomic E-state index is 5.71. The van der Waals surface area contributed by atoms with Gasteiger partial charge in [-0.3, -0.25) is 4.99 Å². The van der Waals surface area contributed by atoms with E-state index in [4.69, 9.17) is 9.73 Å². The van der Waals surface area contributed by atoms with E-state index in [1.54, 1.807) is 0 Å². The van der Waals surface area contributed by atoms with Gasteiger partial charge in [0.2, 0.25) is 0 Å². The average Bonchev–Trinajstić information content (AvgIpc) is 3.28. The second-order valence-electron chi connectivity index (χ2n) is 7.40. The van der Waals surface area contributed by atoms with E-state index in [2.05, 4.69) is 39.8 Å². The molecule has 140 valence electrons. The molecule has 1 aromatic heterocycles. The molecule has 1 aliphatic carbocycles. The van der Waals surface area contributed by atoms with E-state index in [-0.39, 0.29) is 0 Å². The van der Waals surface area contributed by atoms with Gasteiger partial charge in [0.1, 0.15) is 0 Å². The highest BCUT2D eigenvalue weighted by atomic mass is 16.5. The van der Waals surface area contributed by atoms with Gasteiger partial charge in [0.05, 0.1) is 12.4 Å². The van der Waals surface area contributed by atoms with Crippen LogP contribution in [0.3, 0.4) is 0 Å². The third kappa shape index (κ3) is 5.46. The monoisotopic (exact) mass is 347 g/mol. The Kier molecular flexibility index (Phi) is 6.73. The van der Waals surface area contributed by atoms with E-state index in [1.165, 1.54) is 19.3 Å². The first-order valence-corrected chi connectivity index (χ1v) is 9.86. The summed E-state index contributed by atoms with van der Waals surface area (Å²) in [7, 11) is 0. The van der Waals surface area contributed by atoms with Crippen molar-refractivity contribution in [3.63, 3.8) is 0 Å². The molecule has 0 radical (unpaired) electrons. The topological polar surface area (TPSA) is 54.7 Å². The Morgan fingerprint density at radius 3 is 2.96 bits per heavy atom. The molecular formula is C19H33N5O. The molecule has 1 saturated carbocycles. The smallest absolute Gasteiger partial charge is 0.193 e. The van der Waals surface area contributed by atoms with Crippen molar-refractivity contribution < 1.29 is 4.74 Å². The fourth-order valence-corrected chi connectivity index (χ4v) is 3.41. The Morgan fingerprint density at radius 1 is 1.36 bits per heavy atom. The number of piperidine rings is 1. The molecule has 6 nitrogen and oxygen atoms in total. The molecule has 0 aromatic carbocycles. The zero-order valence-electron chi connectivity index (χ0n) is 15.7. The SMILES string of the molecule is CCNC(=NCCCOCC1CC1)N1CCC(C)C(n2ccnc2)C1. The molecule has 0 spiro atoms. The summed E-state index contributed by atoms with van der Waals surface area (Å²) >= 11 is 0. The van der Waals surface area contributed by atoms with Crippen LogP contribution in [0.1, 0.15) is 45.6 Å². The molecule has 2 fully saturated rings. The summed E-state index contributed by atoms with van der Waals surface area (Å²) in [5.74, 6) is 2.54. The van der Waals surface area contributed by atoms with Gasteiger partial charge in [-0.05, 0) is 44.4 Å². The van der Waals surface area contributed by atoms with Crippen LogP contribution in [0.4, 0.5) is 0 Å². The maximum atomic E-state index is 5.71. The molecule has 1 aliphatic heterocycles. The zero-order chi connectivity index (χ0) is 17.5. The predicted octanol–water partition coefficient (Wildman–Crippen LogP) is 2.55. The lowest BCUT2D eigenvalue weighted by Crippen LogP contribution is -2.49. The number of hydrogen-bond donors (Lipinski definition) is 1. The summed E-state index contributed by atoms with van der Waals surface area (Å²) < 4.78 is 7.95. The van der Waals surface area contributed by atoms with Gasteiger partial charge in [0.15, 0.2) is 5.96 Å². The summed E-state index contributed by atoms with van der Waals surface area (Å²) in [4.78, 5) is 11.5. The number of rotatable bonds is 8. The molecule has 3 rings (SSSR count). The van der Waals surface area contributed by atoms with Crippen LogP contribution < -0.4 is 5.32 Å². The first-order chi connectivity index (χ1) is 12.3. The Hall–Kier alpha value is -1.56. The number of nitrogens with zero attached hydrogens (tertiary/aromatic N) is 4. The first-order valence-electron chi connectivity index (χ1n) is 9.86. The van der Waals surface area contributed by atoms with Crippen molar-refractivity contribution in [2.24, 2.45) is 16.8 Å². The molecule has 2 unspecified atom stereocenters. The summed E-state index contributed by atoms with van der Waals surface area (Å²) in [5.41, 5.74) is 0. The Morgan fingerprint density at radius 2 is 2.24 bits per heavy atom. The maximum Gasteiger partial charge on any atom is 0.193 e. The van der Waals surface area contributed by atoms with Crippen LogP contribution in [-0.4, -0.2) is 59.8 Å². The minimum Gasteiger partial charge on any atom is -0.381 e. The molecule has 1 aromatic rings. The predicted molar refractivity (Wildman–Crippen MR) is 101 cm³/mol. The number of nitrogens with one attached hydrogen (secondary N) is 1. The van der Waals surface area contributed by atoms with Gasteiger partial charge in [-0.25, -0.2) is 4.98 Å². The average molecular weight is 348 g/mol. The largest absolute Gasteiger partial charge is 0.381 e. The number of hydrogen-bond acceptors (Lipinski definition) is 3. The van der Waals surface area contributed by atoms with E-state index in [1.807, 2.05) is 12.5 Å². The van der Waals surface area contributed by atoms with E-state index in [0.29, 0.717) is 12.0 Å². The first kappa shape index (κ1) is 18.2. The molecule has 0 amide bonds. The Balaban J connectivity index is 1.50. The molecule has 2 aliphatic rings. The van der Waals surface area contributed by atoms with E-state index >= 15 is 0 Å². The lowest BCUT2D eigenvalue weighted by atomic mass is 9.93. The van der Waals surface area contributed by atoms with Crippen molar-refractivity contribution in [2.45, 2.75) is 45.6 Å². The van der Waals surface area contributed by atoms with Crippen molar-refractivity contribution >= 4 is 5.96 Å². The van der Waals surface area contributed by atoms with Crippen molar-refractivity contribution in [1.29, 1.82) is 0 Å². The molecule has 6 heteroatoms. The highest BCUT2D eigenvalue weighted by molar-refractivity contribution is 5.80. The molecule has 1 N–H and O–H groups in total. The van der Waals surface area contributed by atoms with Crippen molar-refractivity contribution in [3.05, 3.63) is 18.7 Å². The second kappa shape index (κ2) is 9.22. The van der Waals surface area contributed by atoms with E-state index in [0.717, 1.165) is 57.7 Å². The summed E-state index contributed by atoms with van der Waals surface area (Å²) in [6.45, 7) is 10.0. The van der Waals surface area contributed by atoms with Gasteiger partial charge in [-0.1, -0.05) is 6.92 Å². The lowest BCUT2D eigenvalue weighted by molar-refractivity contribution is 0.123. The molecule has 2 heterocycles. The zero-order valence-corrected chi connectivity index (χ0v) is 15.7. The third-order valence-corrected chi connectivity index (χ3v) is 5.22. The highest BCUT2D eigenvalue weighted by Crippen LogP contribution is 2.29. The van der Waals surface area contributed by atoms with Crippen LogP contribution in [0.2, 0.25) is 0 Å². The minimum atomic E-state index is 0.460. The van der Waals surface area contributed by atoms with Gasteiger partial charge in [-0.2, -0.15) is 0 Å². The highest BCUT2D eigenvalue weighted by Gasteiger charge is 2.28. The summed E-state index contributed by atoms with van der Waals surface area (Å²) in [5, 5.41) is 3.46. The standard InChI is InChI=1S/C19H33N5O/c1-3-21-19(22-8-4-12-25-14-17-5-6-17)23-10-7-16(2)18(13-23)24-11-9-20-15-24/h9,11,15-18H,3-8,10,12-14H2,1-2H3,(H,21,22). The Labute approximate surface area is 151 Å². The number of ether oxygens (including phenoxy) is 1. The third-order valence-electron chi connectivity index (χ3n) is 5.22. The minimum absolute atomic E-state index is 0.460. The molecule has 25 heavy (non-hydrogen) atoms. The van der Waals surface area contributed by atoms with E-state index < -0.39 is 0 Å². The molecule has 1 saturated heterocycles. The quantitative estimate of drug-likeness (QED) is 0.446. The second-order valence-corrected chi connectivity index (χ2v) is 7.40. The fourth-order valence-electron chi connectivity index (χ4n) is 3.41. The van der Waals surface area contributed by atoms with Crippen LogP contribution in [0.5, 0.6) is 0 Å². The van der Waals surface area contributed by atoms with Crippen LogP contribution in [-0.2, 0) is 4.74 Å². The van der Waals surface area contributed by atoms with Crippen LogP contribution in [0.25, 0.3) is 0 Å². The van der Waals surface area contributed by atoms with Gasteiger partial charge in [0.25, 0.3) is 0 Å². The number of aromatic nitrogens is 2. The number of imidazole rings is 1. The molecule has 0 bridgehead atoms. The fraction of sp³-hybridized carbons (Fsp3) is 0.789. The summed E-state index contributed by atoms with van der Waals surface area (Å²) in [6.07, 6.45) is 10.8. The lowest BCUT2D eigenvalue weighted by Gasteiger charge is -2.39. The number of guanidine groups is 1. The van der Waals surface area contributed by atoms with Crippen molar-refractivity contribution in [3.8, 4) is 0 Å². The van der Waals surface area contributed by atoms with Gasteiger partial charge in [0, 0.05) is 51.8 Å². The van der Waals surface area contributed by atoms with Crippen molar-refractivity contribution in [2.75, 3.05) is 39.4 Å². The van der Waals surface area contributed by atoms with Gasteiger partial charge >= 0.3 is 0 Å². The normalized spacial score (nSPS) is 24.6. The van der Waals surface area contributed by atoms with Crippen molar-refractivity contribution in [1.82, 2.24) is 19.8 Å². The van der Waals surface area contributed by atoms with Crippen LogP contribution >= 0.6 is 0 Å². The van der Waals surface area contributed by atoms with Crippen LogP contribution in [0.15, 0.2) is 23.7 Å². The van der Waals surface area contributed by atoms with E-state index in [9.17, 15) is 0 Å². The molecular weight excluding hydrogens is 314 g/mol. The van der Waals surface area contributed by atoms with Crippen LogP contribution in [0, 0.1) is 11.8 Å². The Bertz CT molecular complexity index is 526. The number of aliphatic imine (C=N–C) groups is 1.